The fourth-order valence-electron chi connectivity index (χ4n) is 1.51. The Hall–Kier alpha value is -1.62. The smallest absolute Gasteiger partial charge is 0.348 e. The zero-order valence-electron chi connectivity index (χ0n) is 9.23. The number of carbonyl (C=O) groups is 1. The van der Waals surface area contributed by atoms with E-state index >= 15 is 0 Å². The van der Waals surface area contributed by atoms with Gasteiger partial charge in [0.05, 0.1) is 12.5 Å². The van der Waals surface area contributed by atoms with Crippen LogP contribution in [0.1, 0.15) is 15.4 Å². The molecular formula is C11H11NO3S. The van der Waals surface area contributed by atoms with Crippen molar-refractivity contribution in [2.24, 2.45) is 7.05 Å². The predicted molar refractivity (Wildman–Crippen MR) is 63.1 cm³/mol. The van der Waals surface area contributed by atoms with E-state index in [1.54, 1.807) is 17.7 Å². The largest absolute Gasteiger partial charge is 0.465 e. The van der Waals surface area contributed by atoms with Crippen molar-refractivity contribution in [1.29, 1.82) is 0 Å². The summed E-state index contributed by atoms with van der Waals surface area (Å²) < 4.78 is 7.01. The van der Waals surface area contributed by atoms with Gasteiger partial charge in [-0.05, 0) is 19.1 Å². The number of ether oxygens (including phenoxy) is 1. The molecule has 4 nitrogen and oxygen atoms in total. The number of aromatic nitrogens is 1. The van der Waals surface area contributed by atoms with E-state index in [1.807, 2.05) is 13.0 Å². The number of rotatable bonds is 1. The monoisotopic (exact) mass is 237 g/mol. The second-order valence-corrected chi connectivity index (χ2v) is 4.61. The molecule has 0 amide bonds. The third-order valence-electron chi connectivity index (χ3n) is 2.55. The number of hydrogen-bond acceptors (Lipinski definition) is 4. The lowest BCUT2D eigenvalue weighted by atomic mass is 10.3. The molecule has 2 rings (SSSR count). The van der Waals surface area contributed by atoms with Crippen LogP contribution in [0, 0.1) is 6.92 Å². The number of hydrogen-bond donors (Lipinski definition) is 0. The number of aryl methyl sites for hydroxylation is 1. The van der Waals surface area contributed by atoms with E-state index in [2.05, 4.69) is 4.74 Å². The molecule has 5 heteroatoms. The molecule has 0 atom stereocenters. The maximum absolute atomic E-state index is 11.9. The number of methoxy groups -OCH3 is 1. The first kappa shape index (κ1) is 10.9. The molecule has 0 spiro atoms. The minimum atomic E-state index is -0.402. The van der Waals surface area contributed by atoms with E-state index in [1.165, 1.54) is 18.4 Å². The third-order valence-corrected chi connectivity index (χ3v) is 3.61. The zero-order valence-corrected chi connectivity index (χ0v) is 10.1. The van der Waals surface area contributed by atoms with Crippen molar-refractivity contribution >= 4 is 27.4 Å². The molecule has 2 aromatic heterocycles. The van der Waals surface area contributed by atoms with Gasteiger partial charge in [0, 0.05) is 17.4 Å². The summed E-state index contributed by atoms with van der Waals surface area (Å²) in [5.41, 5.74) is 0.789. The van der Waals surface area contributed by atoms with Crippen LogP contribution < -0.4 is 5.56 Å². The van der Waals surface area contributed by atoms with Crippen molar-refractivity contribution in [2.45, 2.75) is 6.92 Å². The van der Waals surface area contributed by atoms with E-state index in [0.717, 1.165) is 10.4 Å². The van der Waals surface area contributed by atoms with Gasteiger partial charge in [-0.3, -0.25) is 4.79 Å². The average Bonchev–Trinajstić information content (AvgIpc) is 2.69. The maximum Gasteiger partial charge on any atom is 0.348 e. The zero-order chi connectivity index (χ0) is 11.9. The Bertz CT molecular complexity index is 624. The second kappa shape index (κ2) is 3.75. The van der Waals surface area contributed by atoms with Crippen molar-refractivity contribution in [3.63, 3.8) is 0 Å². The maximum atomic E-state index is 11.9. The molecule has 0 aliphatic heterocycles. The predicted octanol–water partition coefficient (Wildman–Crippen LogP) is 1.70. The fourth-order valence-corrected chi connectivity index (χ4v) is 2.57. The van der Waals surface area contributed by atoms with Crippen LogP contribution in [0.15, 0.2) is 16.9 Å². The summed E-state index contributed by atoms with van der Waals surface area (Å²) in [6.45, 7) is 1.86. The van der Waals surface area contributed by atoms with Gasteiger partial charge in [-0.1, -0.05) is 0 Å². The fraction of sp³-hybridized carbons (Fsp3) is 0.273. The summed E-state index contributed by atoms with van der Waals surface area (Å²) in [6.07, 6.45) is 0. The third kappa shape index (κ3) is 1.53. The van der Waals surface area contributed by atoms with Gasteiger partial charge in [0.1, 0.15) is 4.88 Å². The molecule has 0 aliphatic carbocycles. The first-order chi connectivity index (χ1) is 7.54. The summed E-state index contributed by atoms with van der Waals surface area (Å²) in [6, 6.07) is 3.49. The molecule has 2 heterocycles. The van der Waals surface area contributed by atoms with Crippen LogP contribution in [-0.2, 0) is 11.8 Å². The molecule has 0 aromatic carbocycles. The minimum absolute atomic E-state index is 0.0820. The van der Waals surface area contributed by atoms with Gasteiger partial charge < -0.3 is 9.30 Å². The second-order valence-electron chi connectivity index (χ2n) is 3.53. The molecular weight excluding hydrogens is 226 g/mol. The molecule has 0 saturated heterocycles. The first-order valence-corrected chi connectivity index (χ1v) is 5.54. The highest BCUT2D eigenvalue weighted by atomic mass is 32.1. The van der Waals surface area contributed by atoms with E-state index in [4.69, 9.17) is 0 Å². The Balaban J connectivity index is 2.76. The summed E-state index contributed by atoms with van der Waals surface area (Å²) in [7, 11) is 3.04. The Morgan fingerprint density at radius 3 is 2.75 bits per heavy atom. The first-order valence-electron chi connectivity index (χ1n) is 4.73. The van der Waals surface area contributed by atoms with Gasteiger partial charge in [0.15, 0.2) is 0 Å². The van der Waals surface area contributed by atoms with Crippen LogP contribution in [0.25, 0.3) is 10.1 Å². The van der Waals surface area contributed by atoms with Crippen molar-refractivity contribution in [3.8, 4) is 0 Å². The molecule has 2 aromatic rings. The van der Waals surface area contributed by atoms with E-state index in [0.29, 0.717) is 10.3 Å². The molecule has 0 radical (unpaired) electrons. The van der Waals surface area contributed by atoms with Crippen molar-refractivity contribution < 1.29 is 9.53 Å². The lowest BCUT2D eigenvalue weighted by Gasteiger charge is -2.01. The van der Waals surface area contributed by atoms with Crippen LogP contribution in [0.5, 0.6) is 0 Å². The van der Waals surface area contributed by atoms with Crippen LogP contribution >= 0.6 is 11.3 Å². The van der Waals surface area contributed by atoms with Gasteiger partial charge in [-0.2, -0.15) is 0 Å². The molecule has 0 N–H and O–H groups in total. The number of pyridine rings is 1. The van der Waals surface area contributed by atoms with Crippen molar-refractivity contribution in [2.75, 3.05) is 7.11 Å². The number of thiophene rings is 1. The SMILES string of the molecule is COC(=O)c1cc2c(=O)n(C)c(C)cc2s1. The van der Waals surface area contributed by atoms with Gasteiger partial charge >= 0.3 is 5.97 Å². The minimum Gasteiger partial charge on any atom is -0.465 e. The van der Waals surface area contributed by atoms with Gasteiger partial charge in [0.2, 0.25) is 0 Å². The number of nitrogens with zero attached hydrogens (tertiary/aromatic N) is 1. The lowest BCUT2D eigenvalue weighted by Crippen LogP contribution is -2.17. The number of carbonyl (C=O) groups excluding carboxylic acids is 1. The Morgan fingerprint density at radius 1 is 1.44 bits per heavy atom. The summed E-state index contributed by atoms with van der Waals surface area (Å²) in [4.78, 5) is 23.7. The quantitative estimate of drug-likeness (QED) is 0.709. The highest BCUT2D eigenvalue weighted by molar-refractivity contribution is 7.20. The molecule has 0 aliphatic rings. The van der Waals surface area contributed by atoms with Crippen LogP contribution in [0.2, 0.25) is 0 Å². The highest BCUT2D eigenvalue weighted by Gasteiger charge is 2.13. The molecule has 0 fully saturated rings. The van der Waals surface area contributed by atoms with Crippen LogP contribution in [-0.4, -0.2) is 17.6 Å². The number of esters is 1. The average molecular weight is 237 g/mol. The Labute approximate surface area is 96.1 Å². The molecule has 0 bridgehead atoms. The van der Waals surface area contributed by atoms with Gasteiger partial charge in [-0.15, -0.1) is 11.3 Å². The highest BCUT2D eigenvalue weighted by Crippen LogP contribution is 2.24. The van der Waals surface area contributed by atoms with E-state index in [9.17, 15) is 9.59 Å². The summed E-state index contributed by atoms with van der Waals surface area (Å²) in [5, 5.41) is 0.568. The van der Waals surface area contributed by atoms with Crippen LogP contribution in [0.3, 0.4) is 0 Å². The van der Waals surface area contributed by atoms with E-state index in [-0.39, 0.29) is 5.56 Å². The Kier molecular flexibility index (Phi) is 2.55. The summed E-state index contributed by atoms with van der Waals surface area (Å²) >= 11 is 1.28. The lowest BCUT2D eigenvalue weighted by molar-refractivity contribution is 0.0606. The Morgan fingerprint density at radius 2 is 2.12 bits per heavy atom. The number of fused-ring (bicyclic) bond motifs is 1. The van der Waals surface area contributed by atoms with Crippen LogP contribution in [0.4, 0.5) is 0 Å². The van der Waals surface area contributed by atoms with Crippen molar-refractivity contribution in [3.05, 3.63) is 33.1 Å². The molecule has 16 heavy (non-hydrogen) atoms. The molecule has 0 unspecified atom stereocenters. The van der Waals surface area contributed by atoms with Gasteiger partial charge in [-0.25, -0.2) is 4.79 Å². The van der Waals surface area contributed by atoms with Crippen molar-refractivity contribution in [1.82, 2.24) is 4.57 Å². The van der Waals surface area contributed by atoms with E-state index < -0.39 is 5.97 Å². The normalized spacial score (nSPS) is 10.7. The summed E-state index contributed by atoms with van der Waals surface area (Å²) in [5.74, 6) is -0.402. The standard InChI is InChI=1S/C11H11NO3S/c1-6-4-8-7(10(13)12(6)2)5-9(16-8)11(14)15-3/h4-5H,1-3H3. The topological polar surface area (TPSA) is 48.3 Å². The van der Waals surface area contributed by atoms with Gasteiger partial charge in [0.25, 0.3) is 5.56 Å². The molecule has 84 valence electrons. The molecule has 0 saturated carbocycles.